The summed E-state index contributed by atoms with van der Waals surface area (Å²) >= 11 is 0. The Balaban J connectivity index is -0.0000000827. The van der Waals surface area contributed by atoms with Gasteiger partial charge in [0.05, 0.1) is 0 Å². The molecule has 0 spiro atoms. The highest BCUT2D eigenvalue weighted by Gasteiger charge is 1.89. The van der Waals surface area contributed by atoms with Crippen molar-refractivity contribution in [2.75, 3.05) is 0 Å². The van der Waals surface area contributed by atoms with Gasteiger partial charge in [0.25, 0.3) is 0 Å². The maximum Gasteiger partial charge on any atom is -0.0473 e. The predicted octanol–water partition coefficient (Wildman–Crippen LogP) is 11.1. The first-order valence-corrected chi connectivity index (χ1v) is 12.2. The Bertz CT molecular complexity index is 134. The third kappa shape index (κ3) is 89.1. The van der Waals surface area contributed by atoms with Crippen molar-refractivity contribution in [3.8, 4) is 0 Å². The van der Waals surface area contributed by atoms with E-state index in [-0.39, 0.29) is 0 Å². The average Bonchev–Trinajstić information content (AvgIpc) is 2.68. The molecule has 0 nitrogen and oxygen atoms in total. The van der Waals surface area contributed by atoms with Crippen molar-refractivity contribution in [3.05, 3.63) is 12.7 Å². The van der Waals surface area contributed by atoms with Gasteiger partial charge in [0.15, 0.2) is 0 Å². The monoisotopic (exact) mass is 372 g/mol. The summed E-state index contributed by atoms with van der Waals surface area (Å²) in [6.07, 6.45) is 22.9. The number of rotatable bonds is 12. The molecule has 0 aromatic rings. The van der Waals surface area contributed by atoms with Gasteiger partial charge in [-0.05, 0) is 6.92 Å². The van der Waals surface area contributed by atoms with Crippen LogP contribution in [-0.2, 0) is 0 Å². The maximum atomic E-state index is 3.36. The molecule has 0 N–H and O–H groups in total. The van der Waals surface area contributed by atoms with Crippen LogP contribution >= 0.6 is 0 Å². The van der Waals surface area contributed by atoms with Crippen LogP contribution in [0, 0.1) is 0 Å². The zero-order chi connectivity index (χ0) is 21.3. The molecule has 0 amide bonds. The van der Waals surface area contributed by atoms with Crippen molar-refractivity contribution in [3.63, 3.8) is 0 Å². The number of hydrogen-bond acceptors (Lipinski definition) is 0. The molecule has 164 valence electrons. The molecule has 0 heterocycles. The Labute approximate surface area is 171 Å². The van der Waals surface area contributed by atoms with Gasteiger partial charge in [-0.15, -0.1) is 6.58 Å². The lowest BCUT2D eigenvalue weighted by Crippen LogP contribution is -1.79. The van der Waals surface area contributed by atoms with Crippen molar-refractivity contribution in [1.82, 2.24) is 0 Å². The minimum Gasteiger partial charge on any atom is -0.103 e. The minimum absolute atomic E-state index is 1.32. The molecule has 26 heavy (non-hydrogen) atoms. The molecule has 0 atom stereocenters. The van der Waals surface area contributed by atoms with E-state index in [2.05, 4.69) is 48.1 Å². The predicted molar refractivity (Wildman–Crippen MR) is 131 cm³/mol. The molecule has 0 aromatic carbocycles. The summed E-state index contributed by atoms with van der Waals surface area (Å²) in [7, 11) is 0. The lowest BCUT2D eigenvalue weighted by Gasteiger charge is -1.98. The van der Waals surface area contributed by atoms with Gasteiger partial charge < -0.3 is 0 Å². The first kappa shape index (κ1) is 36.6. The van der Waals surface area contributed by atoms with Gasteiger partial charge in [-0.2, -0.15) is 0 Å². The Morgan fingerprint density at radius 3 is 0.731 bits per heavy atom. The molecule has 0 fully saturated rings. The Hall–Kier alpha value is -0.260. The van der Waals surface area contributed by atoms with E-state index in [1.54, 1.807) is 6.08 Å². The number of allylic oxidation sites excluding steroid dienone is 1. The molecule has 0 aliphatic rings. The fourth-order valence-electron chi connectivity index (χ4n) is 1.88. The van der Waals surface area contributed by atoms with Crippen LogP contribution in [0.25, 0.3) is 0 Å². The largest absolute Gasteiger partial charge is 0.103 e. The number of hydrogen-bond donors (Lipinski definition) is 0. The maximum absolute atomic E-state index is 3.36. The van der Waals surface area contributed by atoms with Crippen molar-refractivity contribution in [2.24, 2.45) is 0 Å². The third-order valence-electron chi connectivity index (χ3n) is 3.66. The summed E-state index contributed by atoms with van der Waals surface area (Å²) < 4.78 is 0. The highest BCUT2D eigenvalue weighted by atomic mass is 14.0. The van der Waals surface area contributed by atoms with E-state index < -0.39 is 0 Å². The fraction of sp³-hybridized carbons (Fsp3) is 0.923. The van der Waals surface area contributed by atoms with E-state index in [1.807, 2.05) is 20.8 Å². The first-order chi connectivity index (χ1) is 12.7. The topological polar surface area (TPSA) is 0 Å². The second-order valence-electron chi connectivity index (χ2n) is 6.59. The molecule has 0 saturated carbocycles. The molecule has 0 aliphatic heterocycles. The van der Waals surface area contributed by atoms with Crippen LogP contribution in [0.3, 0.4) is 0 Å². The normalized spacial score (nSPS) is 8.35. The molecule has 0 saturated heterocycles. The van der Waals surface area contributed by atoms with Crippen LogP contribution in [0.5, 0.6) is 0 Å². The highest BCUT2D eigenvalue weighted by molar-refractivity contribution is 4.51. The molecular weight excluding hydrogens is 312 g/mol. The summed E-state index contributed by atoms with van der Waals surface area (Å²) in [5, 5.41) is 0. The summed E-state index contributed by atoms with van der Waals surface area (Å²) in [5.41, 5.74) is 0. The zero-order valence-corrected chi connectivity index (χ0v) is 20.9. The van der Waals surface area contributed by atoms with Gasteiger partial charge in [0.2, 0.25) is 0 Å². The van der Waals surface area contributed by atoms with Crippen LogP contribution in [-0.4, -0.2) is 0 Å². The van der Waals surface area contributed by atoms with Crippen molar-refractivity contribution < 1.29 is 0 Å². The van der Waals surface area contributed by atoms with Crippen LogP contribution in [0.1, 0.15) is 159 Å². The standard InChI is InChI=1S/C11H24.C6H14.C4H10.C3H6.C2H6/c1-3-5-7-9-11-10-8-6-4-2;1-3-5-6-4-2;1-3-4-2;1-3-2;1-2/h3-11H2,1-2H3;3-6H2,1-2H3;3-4H2,1-2H3;3H,1H2,2H3;1-2H3. The SMILES string of the molecule is C=CC.CC.CCCC.CCCCCC.CCCCCCCCCCC. The first-order valence-electron chi connectivity index (χ1n) is 12.2. The molecule has 0 rings (SSSR count). The van der Waals surface area contributed by atoms with Gasteiger partial charge in [-0.1, -0.05) is 158 Å². The second kappa shape index (κ2) is 56.3. The van der Waals surface area contributed by atoms with Gasteiger partial charge in [0, 0.05) is 0 Å². The quantitative estimate of drug-likeness (QED) is 0.236. The van der Waals surface area contributed by atoms with E-state index in [1.165, 1.54) is 96.3 Å². The van der Waals surface area contributed by atoms with Crippen LogP contribution in [0.2, 0.25) is 0 Å². The second-order valence-corrected chi connectivity index (χ2v) is 6.59. The summed E-state index contributed by atoms with van der Waals surface area (Å²) in [6.45, 7) is 22.6. The van der Waals surface area contributed by atoms with E-state index >= 15 is 0 Å². The van der Waals surface area contributed by atoms with Crippen molar-refractivity contribution in [1.29, 1.82) is 0 Å². The summed E-state index contributed by atoms with van der Waals surface area (Å²) in [5.74, 6) is 0. The molecular formula is C26H60. The Morgan fingerprint density at radius 1 is 0.423 bits per heavy atom. The third-order valence-corrected chi connectivity index (χ3v) is 3.66. The summed E-state index contributed by atoms with van der Waals surface area (Å²) in [6, 6.07) is 0. The van der Waals surface area contributed by atoms with E-state index in [9.17, 15) is 0 Å². The lowest BCUT2D eigenvalue weighted by atomic mass is 10.1. The molecule has 0 unspecified atom stereocenters. The highest BCUT2D eigenvalue weighted by Crippen LogP contribution is 2.08. The summed E-state index contributed by atoms with van der Waals surface area (Å²) in [4.78, 5) is 0. The number of unbranched alkanes of at least 4 members (excludes halogenated alkanes) is 12. The van der Waals surface area contributed by atoms with Crippen molar-refractivity contribution >= 4 is 0 Å². The lowest BCUT2D eigenvalue weighted by molar-refractivity contribution is 0.572. The smallest absolute Gasteiger partial charge is 0.0473 e. The van der Waals surface area contributed by atoms with Gasteiger partial charge in [0.1, 0.15) is 0 Å². The molecule has 0 heteroatoms. The van der Waals surface area contributed by atoms with Gasteiger partial charge >= 0.3 is 0 Å². The average molecular weight is 373 g/mol. The molecule has 0 bridgehead atoms. The zero-order valence-electron chi connectivity index (χ0n) is 20.9. The van der Waals surface area contributed by atoms with E-state index in [4.69, 9.17) is 0 Å². The van der Waals surface area contributed by atoms with Crippen LogP contribution in [0.15, 0.2) is 12.7 Å². The van der Waals surface area contributed by atoms with Gasteiger partial charge in [-0.3, -0.25) is 0 Å². The molecule has 0 aromatic heterocycles. The van der Waals surface area contributed by atoms with Gasteiger partial charge in [-0.25, -0.2) is 0 Å². The fourth-order valence-corrected chi connectivity index (χ4v) is 1.88. The van der Waals surface area contributed by atoms with E-state index in [0.717, 1.165) is 0 Å². The molecule has 0 radical (unpaired) electrons. The van der Waals surface area contributed by atoms with Crippen LogP contribution < -0.4 is 0 Å². The van der Waals surface area contributed by atoms with Crippen LogP contribution in [0.4, 0.5) is 0 Å². The minimum atomic E-state index is 1.32. The Morgan fingerprint density at radius 2 is 0.577 bits per heavy atom. The van der Waals surface area contributed by atoms with E-state index in [0.29, 0.717) is 0 Å². The van der Waals surface area contributed by atoms with Crippen molar-refractivity contribution in [2.45, 2.75) is 159 Å². The molecule has 0 aliphatic carbocycles. The Kier molecular flexibility index (Phi) is 79.3.